The summed E-state index contributed by atoms with van der Waals surface area (Å²) in [5, 5.41) is 3.25. The number of hydrogen-bond acceptors (Lipinski definition) is 4. The Labute approximate surface area is 185 Å². The van der Waals surface area contributed by atoms with Crippen molar-refractivity contribution in [1.29, 1.82) is 0 Å². The molecular weight excluding hydrogens is 396 g/mol. The van der Waals surface area contributed by atoms with E-state index in [1.54, 1.807) is 14.2 Å². The van der Waals surface area contributed by atoms with E-state index in [4.69, 9.17) is 21.7 Å². The second-order valence-electron chi connectivity index (χ2n) is 7.50. The Balaban J connectivity index is 2.40. The molecule has 6 heteroatoms. The number of hydrogen-bond donors (Lipinski definition) is 1. The molecule has 2 aromatic rings. The zero-order valence-electron chi connectivity index (χ0n) is 18.4. The topological polar surface area (TPSA) is 50.8 Å². The lowest BCUT2D eigenvalue weighted by molar-refractivity contribution is -0.0966. The first-order valence-electron chi connectivity index (χ1n) is 10.2. The minimum Gasteiger partial charge on any atom is -0.373 e. The number of nitrogens with zero attached hydrogens (tertiary/aromatic N) is 1. The number of amides is 1. The van der Waals surface area contributed by atoms with Crippen molar-refractivity contribution in [1.82, 2.24) is 10.2 Å². The summed E-state index contributed by atoms with van der Waals surface area (Å²) in [5.74, 6) is 0.0530. The second kappa shape index (κ2) is 11.8. The Kier molecular flexibility index (Phi) is 9.43. The maximum atomic E-state index is 13.6. The highest BCUT2D eigenvalue weighted by molar-refractivity contribution is 7.80. The van der Waals surface area contributed by atoms with Gasteiger partial charge >= 0.3 is 0 Å². The predicted octanol–water partition coefficient (Wildman–Crippen LogP) is 4.45. The maximum Gasteiger partial charge on any atom is 0.254 e. The van der Waals surface area contributed by atoms with Crippen molar-refractivity contribution < 1.29 is 14.3 Å². The SMILES string of the molecule is COC(CNC(=S)[C@H](C(C)C)N(C(=O)c1ccccc1)[C@H](C)c1ccccc1)OC. The van der Waals surface area contributed by atoms with Crippen LogP contribution in [0.1, 0.15) is 42.7 Å². The van der Waals surface area contributed by atoms with Gasteiger partial charge in [0.05, 0.1) is 23.6 Å². The van der Waals surface area contributed by atoms with Crippen molar-refractivity contribution in [3.8, 4) is 0 Å². The number of thiocarbonyl (C=S) groups is 1. The molecule has 0 saturated heterocycles. The minimum atomic E-state index is -0.416. The molecule has 0 radical (unpaired) electrons. The molecule has 0 spiro atoms. The number of benzene rings is 2. The highest BCUT2D eigenvalue weighted by Gasteiger charge is 2.34. The van der Waals surface area contributed by atoms with E-state index in [9.17, 15) is 4.79 Å². The minimum absolute atomic E-state index is 0.0511. The Morgan fingerprint density at radius 2 is 1.50 bits per heavy atom. The molecule has 2 aromatic carbocycles. The van der Waals surface area contributed by atoms with E-state index in [1.807, 2.05) is 72.5 Å². The van der Waals surface area contributed by atoms with Gasteiger partial charge in [0, 0.05) is 19.8 Å². The highest BCUT2D eigenvalue weighted by atomic mass is 32.1. The molecule has 2 atom stereocenters. The molecule has 0 heterocycles. The van der Waals surface area contributed by atoms with Crippen LogP contribution in [-0.4, -0.2) is 48.9 Å². The maximum absolute atomic E-state index is 13.6. The molecule has 0 aromatic heterocycles. The average molecular weight is 429 g/mol. The van der Waals surface area contributed by atoms with Gasteiger partial charge < -0.3 is 19.7 Å². The molecule has 0 aliphatic carbocycles. The van der Waals surface area contributed by atoms with Crippen molar-refractivity contribution in [3.63, 3.8) is 0 Å². The summed E-state index contributed by atoms with van der Waals surface area (Å²) in [6, 6.07) is 18.9. The smallest absolute Gasteiger partial charge is 0.254 e. The van der Waals surface area contributed by atoms with Crippen LogP contribution in [0.2, 0.25) is 0 Å². The van der Waals surface area contributed by atoms with Gasteiger partial charge in [-0.1, -0.05) is 74.6 Å². The fourth-order valence-electron chi connectivity index (χ4n) is 3.47. The van der Waals surface area contributed by atoms with Gasteiger partial charge in [-0.3, -0.25) is 4.79 Å². The summed E-state index contributed by atoms with van der Waals surface area (Å²) in [7, 11) is 3.17. The largest absolute Gasteiger partial charge is 0.373 e. The molecule has 0 aliphatic rings. The number of carbonyl (C=O) groups excluding carboxylic acids is 1. The second-order valence-corrected chi connectivity index (χ2v) is 7.94. The van der Waals surface area contributed by atoms with Gasteiger partial charge in [-0.25, -0.2) is 0 Å². The third kappa shape index (κ3) is 6.11. The predicted molar refractivity (Wildman–Crippen MR) is 125 cm³/mol. The molecule has 5 nitrogen and oxygen atoms in total. The monoisotopic (exact) mass is 428 g/mol. The Bertz CT molecular complexity index is 795. The fraction of sp³-hybridized carbons (Fsp3) is 0.417. The number of ether oxygens (including phenoxy) is 2. The zero-order chi connectivity index (χ0) is 22.1. The van der Waals surface area contributed by atoms with Crippen LogP contribution >= 0.6 is 12.2 Å². The normalized spacial score (nSPS) is 13.2. The lowest BCUT2D eigenvalue weighted by Gasteiger charge is -2.40. The van der Waals surface area contributed by atoms with E-state index in [2.05, 4.69) is 19.2 Å². The Hall–Kier alpha value is -2.28. The average Bonchev–Trinajstić information content (AvgIpc) is 2.78. The molecule has 0 saturated carbocycles. The van der Waals surface area contributed by atoms with Gasteiger partial charge in [-0.2, -0.15) is 0 Å². The van der Waals surface area contributed by atoms with Crippen LogP contribution in [0.5, 0.6) is 0 Å². The summed E-state index contributed by atoms with van der Waals surface area (Å²) >= 11 is 5.76. The molecule has 162 valence electrons. The summed E-state index contributed by atoms with van der Waals surface area (Å²) in [4.78, 5) is 16.1. The zero-order valence-corrected chi connectivity index (χ0v) is 19.2. The van der Waals surface area contributed by atoms with Crippen molar-refractivity contribution in [3.05, 3.63) is 71.8 Å². The van der Waals surface area contributed by atoms with Crippen molar-refractivity contribution in [2.24, 2.45) is 5.92 Å². The Morgan fingerprint density at radius 1 is 0.967 bits per heavy atom. The van der Waals surface area contributed by atoms with E-state index in [1.165, 1.54) is 0 Å². The molecule has 0 bridgehead atoms. The van der Waals surface area contributed by atoms with Crippen LogP contribution in [0.4, 0.5) is 0 Å². The molecule has 1 N–H and O–H groups in total. The summed E-state index contributed by atoms with van der Waals surface area (Å²) in [5.41, 5.74) is 1.70. The van der Waals surface area contributed by atoms with Crippen LogP contribution in [-0.2, 0) is 9.47 Å². The van der Waals surface area contributed by atoms with Crippen LogP contribution < -0.4 is 5.32 Å². The standard InChI is InChI=1S/C24H32N2O3S/c1-17(2)22(23(30)25-16-21(28-4)29-5)26(18(3)19-12-8-6-9-13-19)24(27)20-14-10-7-11-15-20/h6-15,17-18,21-22H,16H2,1-5H3,(H,25,30)/t18-,22+/m1/s1. The van der Waals surface area contributed by atoms with Gasteiger partial charge in [0.2, 0.25) is 0 Å². The van der Waals surface area contributed by atoms with E-state index in [0.717, 1.165) is 5.56 Å². The third-order valence-electron chi connectivity index (χ3n) is 5.12. The molecular formula is C24H32N2O3S. The third-order valence-corrected chi connectivity index (χ3v) is 5.51. The van der Waals surface area contributed by atoms with Crippen LogP contribution in [0, 0.1) is 5.92 Å². The molecule has 0 aliphatic heterocycles. The quantitative estimate of drug-likeness (QED) is 0.448. The van der Waals surface area contributed by atoms with Gasteiger partial charge in [-0.05, 0) is 30.5 Å². The van der Waals surface area contributed by atoms with Gasteiger partial charge in [0.25, 0.3) is 5.91 Å². The van der Waals surface area contributed by atoms with Gasteiger partial charge in [0.1, 0.15) is 0 Å². The lowest BCUT2D eigenvalue weighted by atomic mass is 9.96. The van der Waals surface area contributed by atoms with Crippen molar-refractivity contribution >= 4 is 23.1 Å². The van der Waals surface area contributed by atoms with Crippen LogP contribution in [0.3, 0.4) is 0 Å². The first kappa shape index (κ1) is 24.0. The lowest BCUT2D eigenvalue weighted by Crippen LogP contribution is -2.53. The number of methoxy groups -OCH3 is 2. The van der Waals surface area contributed by atoms with Gasteiger partial charge in [-0.15, -0.1) is 0 Å². The van der Waals surface area contributed by atoms with Crippen LogP contribution in [0.25, 0.3) is 0 Å². The van der Waals surface area contributed by atoms with Crippen LogP contribution in [0.15, 0.2) is 60.7 Å². The van der Waals surface area contributed by atoms with E-state index >= 15 is 0 Å². The number of nitrogens with one attached hydrogen (secondary N) is 1. The molecule has 0 fully saturated rings. The van der Waals surface area contributed by atoms with Crippen molar-refractivity contribution in [2.75, 3.05) is 20.8 Å². The van der Waals surface area contributed by atoms with Gasteiger partial charge in [0.15, 0.2) is 6.29 Å². The number of carbonyl (C=O) groups is 1. The van der Waals surface area contributed by atoms with Crippen molar-refractivity contribution in [2.45, 2.75) is 39.1 Å². The molecule has 30 heavy (non-hydrogen) atoms. The summed E-state index contributed by atoms with van der Waals surface area (Å²) < 4.78 is 10.5. The first-order chi connectivity index (χ1) is 14.4. The van der Waals surface area contributed by atoms with E-state index in [-0.39, 0.29) is 23.9 Å². The number of rotatable bonds is 10. The fourth-order valence-corrected chi connectivity index (χ4v) is 3.94. The molecule has 1 amide bonds. The summed E-state index contributed by atoms with van der Waals surface area (Å²) in [6.07, 6.45) is -0.416. The van der Waals surface area contributed by atoms with E-state index < -0.39 is 6.29 Å². The summed E-state index contributed by atoms with van der Waals surface area (Å²) in [6.45, 7) is 6.60. The molecule has 0 unspecified atom stereocenters. The first-order valence-corrected chi connectivity index (χ1v) is 10.6. The molecule has 2 rings (SSSR count). The Morgan fingerprint density at radius 3 is 2.00 bits per heavy atom. The van der Waals surface area contributed by atoms with E-state index in [0.29, 0.717) is 17.1 Å². The highest BCUT2D eigenvalue weighted by Crippen LogP contribution is 2.28.